The predicted octanol–water partition coefficient (Wildman–Crippen LogP) is 2.34. The van der Waals surface area contributed by atoms with Crippen LogP contribution < -0.4 is 5.32 Å². The molecule has 0 saturated heterocycles. The van der Waals surface area contributed by atoms with Crippen LogP contribution in [0.15, 0.2) is 24.3 Å². The van der Waals surface area contributed by atoms with E-state index in [1.807, 2.05) is 6.92 Å². The van der Waals surface area contributed by atoms with Crippen molar-refractivity contribution >= 4 is 16.2 Å². The first-order chi connectivity index (χ1) is 9.47. The quantitative estimate of drug-likeness (QED) is 0.636. The number of ether oxygens (including phenoxy) is 1. The minimum Gasteiger partial charge on any atom is -0.444 e. The summed E-state index contributed by atoms with van der Waals surface area (Å²) in [6, 6.07) is 0. The molecule has 0 spiro atoms. The second-order valence-corrected chi connectivity index (χ2v) is 7.54. The summed E-state index contributed by atoms with van der Waals surface area (Å²) in [5.74, 6) is -0.315. The van der Waals surface area contributed by atoms with Crippen molar-refractivity contribution in [2.24, 2.45) is 5.92 Å². The Morgan fingerprint density at radius 3 is 2.43 bits per heavy atom. The topological polar surface area (TPSA) is 81.7 Å². The molecule has 1 aliphatic carbocycles. The van der Waals surface area contributed by atoms with Gasteiger partial charge in [-0.1, -0.05) is 25.2 Å². The normalized spacial score (nSPS) is 25.7. The lowest BCUT2D eigenvalue weighted by atomic mass is 9.89. The molecule has 2 atom stereocenters. The molecular formula is C14H23NO5S. The van der Waals surface area contributed by atoms with E-state index in [0.29, 0.717) is 6.42 Å². The van der Waals surface area contributed by atoms with Gasteiger partial charge in [-0.15, -0.1) is 0 Å². The van der Waals surface area contributed by atoms with Crippen LogP contribution in [-0.2, 0) is 19.0 Å². The van der Waals surface area contributed by atoms with Gasteiger partial charge in [0.05, 0.1) is 6.26 Å². The fourth-order valence-electron chi connectivity index (χ4n) is 2.06. The molecule has 0 aromatic carbocycles. The Morgan fingerprint density at radius 1 is 1.33 bits per heavy atom. The van der Waals surface area contributed by atoms with Crippen LogP contribution in [0.2, 0.25) is 0 Å². The van der Waals surface area contributed by atoms with Crippen LogP contribution in [0, 0.1) is 5.92 Å². The third kappa shape index (κ3) is 5.51. The zero-order valence-corrected chi connectivity index (χ0v) is 13.9. The lowest BCUT2D eigenvalue weighted by molar-refractivity contribution is 0.00888. The first-order valence-corrected chi connectivity index (χ1v) is 8.57. The number of hydrogen-bond donors (Lipinski definition) is 1. The standard InChI is InChI=1S/C14H23NO5S/c1-6-11-9-7-8-10-14(11,20-21(5,17)18)15-12(16)19-13(2,3)4/h7-11H,6H2,1-5H3,(H,15,16)/t11-,14?/m0/s1. The first kappa shape index (κ1) is 17.7. The van der Waals surface area contributed by atoms with Crippen molar-refractivity contribution < 1.29 is 22.1 Å². The molecule has 0 aromatic heterocycles. The van der Waals surface area contributed by atoms with Crippen molar-refractivity contribution in [3.8, 4) is 0 Å². The molecule has 0 bridgehead atoms. The van der Waals surface area contributed by atoms with Crippen LogP contribution in [0.1, 0.15) is 34.1 Å². The molecule has 0 heterocycles. The van der Waals surface area contributed by atoms with Gasteiger partial charge in [-0.25, -0.2) is 8.98 Å². The molecule has 1 aliphatic rings. The van der Waals surface area contributed by atoms with Gasteiger partial charge in [0, 0.05) is 5.92 Å². The lowest BCUT2D eigenvalue weighted by Gasteiger charge is -2.37. The number of allylic oxidation sites excluding steroid dienone is 2. The first-order valence-electron chi connectivity index (χ1n) is 6.75. The summed E-state index contributed by atoms with van der Waals surface area (Å²) < 4.78 is 33.5. The maximum atomic E-state index is 12.0. The molecule has 0 saturated carbocycles. The average molecular weight is 317 g/mol. The van der Waals surface area contributed by atoms with E-state index < -0.39 is 27.5 Å². The van der Waals surface area contributed by atoms with Crippen LogP contribution in [0.5, 0.6) is 0 Å². The van der Waals surface area contributed by atoms with Gasteiger partial charge >= 0.3 is 6.09 Å². The molecule has 0 fully saturated rings. The molecule has 7 heteroatoms. The van der Waals surface area contributed by atoms with Crippen molar-refractivity contribution in [3.63, 3.8) is 0 Å². The maximum absolute atomic E-state index is 12.0. The number of nitrogens with one attached hydrogen (secondary N) is 1. The monoisotopic (exact) mass is 317 g/mol. The van der Waals surface area contributed by atoms with E-state index in [4.69, 9.17) is 8.92 Å². The molecule has 0 aliphatic heterocycles. The van der Waals surface area contributed by atoms with E-state index in [0.717, 1.165) is 6.26 Å². The van der Waals surface area contributed by atoms with E-state index in [1.165, 1.54) is 6.08 Å². The minimum absolute atomic E-state index is 0.315. The lowest BCUT2D eigenvalue weighted by Crippen LogP contribution is -2.56. The molecule has 1 amide bonds. The van der Waals surface area contributed by atoms with Gasteiger partial charge in [-0.2, -0.15) is 8.42 Å². The Morgan fingerprint density at radius 2 is 1.95 bits per heavy atom. The average Bonchev–Trinajstić information content (AvgIpc) is 2.23. The Kier molecular flexibility index (Phi) is 5.22. The smallest absolute Gasteiger partial charge is 0.410 e. The van der Waals surface area contributed by atoms with E-state index in [-0.39, 0.29) is 5.92 Å². The summed E-state index contributed by atoms with van der Waals surface area (Å²) in [6.45, 7) is 7.06. The third-order valence-corrected chi connectivity index (χ3v) is 3.35. The molecule has 1 N–H and O–H groups in total. The second-order valence-electron chi connectivity index (χ2n) is 5.97. The van der Waals surface area contributed by atoms with Crippen LogP contribution in [0.4, 0.5) is 4.79 Å². The van der Waals surface area contributed by atoms with Gasteiger partial charge in [0.25, 0.3) is 10.1 Å². The molecule has 1 unspecified atom stereocenters. The van der Waals surface area contributed by atoms with E-state index in [1.54, 1.807) is 39.0 Å². The molecule has 21 heavy (non-hydrogen) atoms. The third-order valence-electron chi connectivity index (χ3n) is 2.77. The predicted molar refractivity (Wildman–Crippen MR) is 80.1 cm³/mol. The summed E-state index contributed by atoms with van der Waals surface area (Å²) in [7, 11) is -3.77. The highest BCUT2D eigenvalue weighted by atomic mass is 32.2. The van der Waals surface area contributed by atoms with E-state index in [9.17, 15) is 13.2 Å². The van der Waals surface area contributed by atoms with Crippen molar-refractivity contribution in [2.45, 2.75) is 45.4 Å². The number of rotatable bonds is 4. The molecule has 120 valence electrons. The van der Waals surface area contributed by atoms with E-state index in [2.05, 4.69) is 5.32 Å². The Labute approximate surface area is 126 Å². The van der Waals surface area contributed by atoms with Gasteiger partial charge in [0.1, 0.15) is 5.60 Å². The number of hydrogen-bond acceptors (Lipinski definition) is 5. The van der Waals surface area contributed by atoms with Gasteiger partial charge < -0.3 is 4.74 Å². The second kappa shape index (κ2) is 6.19. The van der Waals surface area contributed by atoms with Gasteiger partial charge in [-0.3, -0.25) is 5.32 Å². The van der Waals surface area contributed by atoms with Crippen LogP contribution >= 0.6 is 0 Å². The SMILES string of the molecule is CC[C@H]1C=CC=CC1(NC(=O)OC(C)(C)C)OS(C)(=O)=O. The van der Waals surface area contributed by atoms with Crippen molar-refractivity contribution in [3.05, 3.63) is 24.3 Å². The number of carbonyl (C=O) groups is 1. The number of alkyl carbamates (subject to hydrolysis) is 1. The van der Waals surface area contributed by atoms with Crippen molar-refractivity contribution in [1.82, 2.24) is 5.32 Å². The Balaban J connectivity index is 3.06. The maximum Gasteiger partial charge on any atom is 0.410 e. The summed E-state index contributed by atoms with van der Waals surface area (Å²) in [4.78, 5) is 12.0. The largest absolute Gasteiger partial charge is 0.444 e. The molecule has 1 rings (SSSR count). The molecule has 0 aromatic rings. The Bertz CT molecular complexity index is 544. The molecule has 6 nitrogen and oxygen atoms in total. The molecule has 0 radical (unpaired) electrons. The fraction of sp³-hybridized carbons (Fsp3) is 0.643. The number of amides is 1. The highest BCUT2D eigenvalue weighted by Gasteiger charge is 2.42. The molecular weight excluding hydrogens is 294 g/mol. The minimum atomic E-state index is -3.77. The van der Waals surface area contributed by atoms with E-state index >= 15 is 0 Å². The van der Waals surface area contributed by atoms with Crippen molar-refractivity contribution in [1.29, 1.82) is 0 Å². The summed E-state index contributed by atoms with van der Waals surface area (Å²) >= 11 is 0. The van der Waals surface area contributed by atoms with Crippen LogP contribution in [0.25, 0.3) is 0 Å². The summed E-state index contributed by atoms with van der Waals surface area (Å²) in [6.07, 6.45) is 7.54. The highest BCUT2D eigenvalue weighted by molar-refractivity contribution is 7.86. The van der Waals surface area contributed by atoms with Gasteiger partial charge in [0.2, 0.25) is 0 Å². The highest BCUT2D eigenvalue weighted by Crippen LogP contribution is 2.30. The Hall–Kier alpha value is -1.34. The summed E-state index contributed by atoms with van der Waals surface area (Å²) in [5.41, 5.74) is -2.15. The number of carbonyl (C=O) groups excluding carboxylic acids is 1. The van der Waals surface area contributed by atoms with Crippen LogP contribution in [-0.4, -0.2) is 32.1 Å². The van der Waals surface area contributed by atoms with Gasteiger partial charge in [-0.05, 0) is 33.3 Å². The zero-order valence-electron chi connectivity index (χ0n) is 13.0. The van der Waals surface area contributed by atoms with Crippen LogP contribution in [0.3, 0.4) is 0 Å². The zero-order chi connectivity index (χ0) is 16.3. The fourth-order valence-corrected chi connectivity index (χ4v) is 2.78. The van der Waals surface area contributed by atoms with Gasteiger partial charge in [0.15, 0.2) is 5.72 Å². The summed E-state index contributed by atoms with van der Waals surface area (Å²) in [5, 5.41) is 2.55. The van der Waals surface area contributed by atoms with Crippen molar-refractivity contribution in [2.75, 3.05) is 6.26 Å².